The predicted octanol–water partition coefficient (Wildman–Crippen LogP) is 3.44. The fraction of sp³-hybridized carbons (Fsp3) is 0.533. The molecule has 1 fully saturated rings. The van der Waals surface area contributed by atoms with E-state index in [4.69, 9.17) is 5.11 Å². The van der Waals surface area contributed by atoms with Crippen molar-refractivity contribution in [1.82, 2.24) is 0 Å². The number of hydrogen-bond donors (Lipinski definition) is 1. The Balaban J connectivity index is 1.90. The van der Waals surface area contributed by atoms with Crippen molar-refractivity contribution < 1.29 is 9.90 Å². The van der Waals surface area contributed by atoms with Gasteiger partial charge in [0.1, 0.15) is 0 Å². The Hall–Kier alpha value is -1.31. The maximum absolute atomic E-state index is 10.6. The fourth-order valence-electron chi connectivity index (χ4n) is 2.69. The first-order valence-corrected chi connectivity index (χ1v) is 6.53. The molecule has 1 aromatic rings. The molecule has 1 aliphatic rings. The van der Waals surface area contributed by atoms with Crippen LogP contribution in [0.15, 0.2) is 24.3 Å². The van der Waals surface area contributed by atoms with Crippen LogP contribution in [0.1, 0.15) is 43.2 Å². The highest BCUT2D eigenvalue weighted by Crippen LogP contribution is 2.26. The average Bonchev–Trinajstić information content (AvgIpc) is 2.32. The van der Waals surface area contributed by atoms with E-state index in [-0.39, 0.29) is 6.42 Å². The topological polar surface area (TPSA) is 37.3 Å². The van der Waals surface area contributed by atoms with E-state index >= 15 is 0 Å². The molecule has 0 amide bonds. The van der Waals surface area contributed by atoms with E-state index in [1.807, 2.05) is 12.1 Å². The molecular formula is C15H20O2. The van der Waals surface area contributed by atoms with Gasteiger partial charge in [-0.2, -0.15) is 0 Å². The molecular weight excluding hydrogens is 212 g/mol. The molecule has 0 aliphatic heterocycles. The fourth-order valence-corrected chi connectivity index (χ4v) is 2.69. The minimum absolute atomic E-state index is 0.129. The Bertz CT molecular complexity index is 361. The molecule has 17 heavy (non-hydrogen) atoms. The molecule has 0 unspecified atom stereocenters. The van der Waals surface area contributed by atoms with Crippen LogP contribution in [0.3, 0.4) is 0 Å². The second-order valence-corrected chi connectivity index (χ2v) is 5.10. The third-order valence-corrected chi connectivity index (χ3v) is 3.63. The van der Waals surface area contributed by atoms with Gasteiger partial charge in [0.15, 0.2) is 0 Å². The van der Waals surface area contributed by atoms with Crippen LogP contribution in [-0.2, 0) is 17.6 Å². The van der Waals surface area contributed by atoms with Crippen molar-refractivity contribution in [3.05, 3.63) is 35.4 Å². The van der Waals surface area contributed by atoms with E-state index in [0.29, 0.717) is 0 Å². The number of rotatable bonds is 4. The molecule has 1 aromatic carbocycles. The van der Waals surface area contributed by atoms with Crippen LogP contribution < -0.4 is 0 Å². The maximum atomic E-state index is 10.6. The van der Waals surface area contributed by atoms with Gasteiger partial charge in [0, 0.05) is 0 Å². The summed E-state index contributed by atoms with van der Waals surface area (Å²) in [5.41, 5.74) is 2.25. The van der Waals surface area contributed by atoms with Gasteiger partial charge in [-0.1, -0.05) is 56.4 Å². The minimum atomic E-state index is -0.759. The molecule has 1 aliphatic carbocycles. The molecule has 2 nitrogen and oxygen atoms in total. The van der Waals surface area contributed by atoms with E-state index in [0.717, 1.165) is 17.9 Å². The van der Waals surface area contributed by atoms with Crippen LogP contribution in [0.4, 0.5) is 0 Å². The lowest BCUT2D eigenvalue weighted by Gasteiger charge is -2.21. The summed E-state index contributed by atoms with van der Waals surface area (Å²) >= 11 is 0. The van der Waals surface area contributed by atoms with Crippen LogP contribution in [-0.4, -0.2) is 11.1 Å². The first kappa shape index (κ1) is 12.2. The highest BCUT2D eigenvalue weighted by atomic mass is 16.4. The van der Waals surface area contributed by atoms with Gasteiger partial charge in [-0.05, 0) is 23.5 Å². The number of aliphatic carboxylic acids is 1. The average molecular weight is 232 g/mol. The van der Waals surface area contributed by atoms with Gasteiger partial charge in [-0.3, -0.25) is 4.79 Å². The van der Waals surface area contributed by atoms with E-state index in [1.54, 1.807) is 0 Å². The highest BCUT2D eigenvalue weighted by Gasteiger charge is 2.13. The smallest absolute Gasteiger partial charge is 0.307 e. The lowest BCUT2D eigenvalue weighted by Crippen LogP contribution is -2.09. The number of carbonyl (C=O) groups is 1. The Morgan fingerprint density at radius 1 is 1.06 bits per heavy atom. The van der Waals surface area contributed by atoms with E-state index in [2.05, 4.69) is 12.1 Å². The molecule has 92 valence electrons. The first-order valence-electron chi connectivity index (χ1n) is 6.53. The van der Waals surface area contributed by atoms with Crippen molar-refractivity contribution in [2.45, 2.75) is 44.9 Å². The lowest BCUT2D eigenvalue weighted by molar-refractivity contribution is -0.136. The third kappa shape index (κ3) is 3.88. The predicted molar refractivity (Wildman–Crippen MR) is 68.1 cm³/mol. The van der Waals surface area contributed by atoms with Crippen molar-refractivity contribution in [3.8, 4) is 0 Å². The third-order valence-electron chi connectivity index (χ3n) is 3.63. The van der Waals surface area contributed by atoms with Crippen molar-refractivity contribution >= 4 is 5.97 Å². The zero-order chi connectivity index (χ0) is 12.1. The van der Waals surface area contributed by atoms with Gasteiger partial charge in [0.2, 0.25) is 0 Å². The summed E-state index contributed by atoms with van der Waals surface area (Å²) in [6.07, 6.45) is 8.16. The summed E-state index contributed by atoms with van der Waals surface area (Å²) in [7, 11) is 0. The number of carboxylic acids is 1. The second kappa shape index (κ2) is 5.85. The van der Waals surface area contributed by atoms with Gasteiger partial charge >= 0.3 is 5.97 Å². The minimum Gasteiger partial charge on any atom is -0.481 e. The first-order chi connectivity index (χ1) is 8.24. The molecule has 2 rings (SSSR count). The number of carboxylic acid groups (broad SMARTS) is 1. The van der Waals surface area contributed by atoms with Crippen LogP contribution in [0.5, 0.6) is 0 Å². The van der Waals surface area contributed by atoms with E-state index in [9.17, 15) is 4.79 Å². The maximum Gasteiger partial charge on any atom is 0.307 e. The van der Waals surface area contributed by atoms with Gasteiger partial charge in [0.05, 0.1) is 6.42 Å². The van der Waals surface area contributed by atoms with E-state index in [1.165, 1.54) is 37.7 Å². The van der Waals surface area contributed by atoms with Crippen LogP contribution in [0.25, 0.3) is 0 Å². The number of benzene rings is 1. The Morgan fingerprint density at radius 3 is 2.24 bits per heavy atom. The van der Waals surface area contributed by atoms with Crippen molar-refractivity contribution in [2.75, 3.05) is 0 Å². The molecule has 0 saturated heterocycles. The highest BCUT2D eigenvalue weighted by molar-refractivity contribution is 5.70. The molecule has 0 heterocycles. The monoisotopic (exact) mass is 232 g/mol. The Labute approximate surface area is 103 Å². The molecule has 1 N–H and O–H groups in total. The summed E-state index contributed by atoms with van der Waals surface area (Å²) in [5, 5.41) is 8.70. The van der Waals surface area contributed by atoms with Crippen LogP contribution in [0.2, 0.25) is 0 Å². The standard InChI is InChI=1S/C15H20O2/c16-15(17)11-14-8-6-13(7-9-14)10-12-4-2-1-3-5-12/h6-9,12H,1-5,10-11H2,(H,16,17). The summed E-state index contributed by atoms with van der Waals surface area (Å²) in [6.45, 7) is 0. The van der Waals surface area contributed by atoms with Crippen molar-refractivity contribution in [2.24, 2.45) is 5.92 Å². The zero-order valence-corrected chi connectivity index (χ0v) is 10.2. The zero-order valence-electron chi connectivity index (χ0n) is 10.2. The largest absolute Gasteiger partial charge is 0.481 e. The molecule has 0 radical (unpaired) electrons. The molecule has 2 heteroatoms. The summed E-state index contributed by atoms with van der Waals surface area (Å²) in [6, 6.07) is 8.08. The van der Waals surface area contributed by atoms with Crippen molar-refractivity contribution in [1.29, 1.82) is 0 Å². The molecule has 0 spiro atoms. The SMILES string of the molecule is O=C(O)Cc1ccc(CC2CCCCC2)cc1. The molecule has 0 bridgehead atoms. The summed E-state index contributed by atoms with van der Waals surface area (Å²) < 4.78 is 0. The molecule has 0 atom stereocenters. The molecule has 0 aromatic heterocycles. The van der Waals surface area contributed by atoms with E-state index < -0.39 is 5.97 Å². The van der Waals surface area contributed by atoms with Gasteiger partial charge < -0.3 is 5.11 Å². The summed E-state index contributed by atoms with van der Waals surface area (Å²) in [5.74, 6) is 0.0825. The molecule has 1 saturated carbocycles. The van der Waals surface area contributed by atoms with Gasteiger partial charge in [-0.25, -0.2) is 0 Å². The second-order valence-electron chi connectivity index (χ2n) is 5.10. The van der Waals surface area contributed by atoms with Crippen molar-refractivity contribution in [3.63, 3.8) is 0 Å². The normalized spacial score (nSPS) is 16.9. The summed E-state index contributed by atoms with van der Waals surface area (Å²) in [4.78, 5) is 10.6. The van der Waals surface area contributed by atoms with Crippen LogP contribution in [0, 0.1) is 5.92 Å². The number of hydrogen-bond acceptors (Lipinski definition) is 1. The Morgan fingerprint density at radius 2 is 1.65 bits per heavy atom. The lowest BCUT2D eigenvalue weighted by atomic mass is 9.85. The van der Waals surface area contributed by atoms with Crippen LogP contribution >= 0.6 is 0 Å². The quantitative estimate of drug-likeness (QED) is 0.863. The Kier molecular flexibility index (Phi) is 4.18. The van der Waals surface area contributed by atoms with Gasteiger partial charge in [0.25, 0.3) is 0 Å². The van der Waals surface area contributed by atoms with Gasteiger partial charge in [-0.15, -0.1) is 0 Å².